The summed E-state index contributed by atoms with van der Waals surface area (Å²) in [6, 6.07) is 9.84. The second-order valence-corrected chi connectivity index (χ2v) is 7.49. The molecular weight excluding hydrogens is 371 g/mol. The number of rotatable bonds is 1. The van der Waals surface area contributed by atoms with Crippen molar-refractivity contribution in [3.05, 3.63) is 52.7 Å². The summed E-state index contributed by atoms with van der Waals surface area (Å²) in [5.74, 6) is 0. The zero-order chi connectivity index (χ0) is 16.3. The Morgan fingerprint density at radius 3 is 2.75 bits per heavy atom. The Labute approximate surface area is 140 Å². The predicted molar refractivity (Wildman–Crippen MR) is 91.8 cm³/mol. The maximum absolute atomic E-state index is 12.0. The van der Waals surface area contributed by atoms with Crippen LogP contribution in [0.4, 0.5) is 0 Å². The van der Waals surface area contributed by atoms with Gasteiger partial charge in [0.1, 0.15) is 0 Å². The number of H-pyrrole nitrogens is 1. The summed E-state index contributed by atoms with van der Waals surface area (Å²) in [7, 11) is 0. The van der Waals surface area contributed by atoms with Gasteiger partial charge in [-0.2, -0.15) is 0 Å². The number of hydrogen-bond donors (Lipinski definition) is 1. The quantitative estimate of drug-likeness (QED) is 0.445. The molecule has 4 aromatic heterocycles. The number of hydrogen-bond acceptors (Lipinski definition) is 5. The number of benzene rings is 1. The zero-order valence-electron chi connectivity index (χ0n) is 12.5. The fourth-order valence-corrected chi connectivity index (χ4v) is 4.79. The fraction of sp³-hybridized carbons (Fsp3) is 0.0625. The van der Waals surface area contributed by atoms with Crippen LogP contribution in [0.2, 0.25) is 0 Å². The molecule has 0 aliphatic rings. The van der Waals surface area contributed by atoms with Crippen LogP contribution in [0.15, 0.2) is 41.5 Å². The van der Waals surface area contributed by atoms with Crippen LogP contribution < -0.4 is 5.56 Å². The van der Waals surface area contributed by atoms with Crippen molar-refractivity contribution in [2.75, 3.05) is 0 Å². The SMILES string of the molecule is Cc1nn(-c2ccccc2)c2nc3[se]c4c(=O)[nH]cnc4c3nc12. The van der Waals surface area contributed by atoms with Crippen molar-refractivity contribution in [2.45, 2.75) is 6.92 Å². The molecule has 0 aliphatic carbocycles. The third kappa shape index (κ3) is 1.81. The Bertz CT molecular complexity index is 1280. The van der Waals surface area contributed by atoms with Crippen LogP contribution in [-0.4, -0.2) is 44.2 Å². The molecule has 0 saturated heterocycles. The minimum absolute atomic E-state index is 0.106. The van der Waals surface area contributed by atoms with Crippen LogP contribution in [0.25, 0.3) is 36.5 Å². The van der Waals surface area contributed by atoms with Crippen molar-refractivity contribution in [3.8, 4) is 5.69 Å². The molecule has 1 N–H and O–H groups in total. The van der Waals surface area contributed by atoms with E-state index in [-0.39, 0.29) is 20.1 Å². The van der Waals surface area contributed by atoms with Crippen molar-refractivity contribution < 1.29 is 0 Å². The van der Waals surface area contributed by atoms with Crippen LogP contribution in [0.3, 0.4) is 0 Å². The fourth-order valence-electron chi connectivity index (χ4n) is 2.77. The molecule has 0 fully saturated rings. The molecule has 0 amide bonds. The minimum atomic E-state index is -0.201. The van der Waals surface area contributed by atoms with Gasteiger partial charge in [-0.1, -0.05) is 0 Å². The van der Waals surface area contributed by atoms with Crippen molar-refractivity contribution in [1.82, 2.24) is 29.7 Å². The van der Waals surface area contributed by atoms with Crippen molar-refractivity contribution >= 4 is 45.4 Å². The second kappa shape index (κ2) is 4.83. The van der Waals surface area contributed by atoms with Crippen LogP contribution >= 0.6 is 0 Å². The molecule has 24 heavy (non-hydrogen) atoms. The van der Waals surface area contributed by atoms with Gasteiger partial charge in [0.25, 0.3) is 0 Å². The molecule has 0 saturated carbocycles. The molecule has 0 spiro atoms. The van der Waals surface area contributed by atoms with Gasteiger partial charge >= 0.3 is 140 Å². The molecule has 0 atom stereocenters. The van der Waals surface area contributed by atoms with Crippen LogP contribution in [0.1, 0.15) is 5.69 Å². The first kappa shape index (κ1) is 13.6. The summed E-state index contributed by atoms with van der Waals surface area (Å²) < 4.78 is 3.31. The molecule has 0 bridgehead atoms. The number of aryl methyl sites for hydroxylation is 1. The number of para-hydroxylation sites is 1. The summed E-state index contributed by atoms with van der Waals surface area (Å²) in [5.41, 5.74) is 4.44. The molecule has 1 aromatic carbocycles. The molecule has 5 rings (SSSR count). The number of aromatic nitrogens is 6. The van der Waals surface area contributed by atoms with E-state index < -0.39 is 0 Å². The van der Waals surface area contributed by atoms with E-state index in [1.807, 2.05) is 37.3 Å². The third-order valence-electron chi connectivity index (χ3n) is 3.87. The summed E-state index contributed by atoms with van der Waals surface area (Å²) in [6.45, 7) is 1.91. The summed E-state index contributed by atoms with van der Waals surface area (Å²) in [4.78, 5) is 28.5. The van der Waals surface area contributed by atoms with Gasteiger partial charge in [0.15, 0.2) is 0 Å². The van der Waals surface area contributed by atoms with Crippen LogP contribution in [0.5, 0.6) is 0 Å². The van der Waals surface area contributed by atoms with E-state index in [0.29, 0.717) is 20.9 Å². The first-order chi connectivity index (χ1) is 11.7. The first-order valence-electron chi connectivity index (χ1n) is 7.31. The number of nitrogens with one attached hydrogen (secondary N) is 1. The Morgan fingerprint density at radius 1 is 1.08 bits per heavy atom. The van der Waals surface area contributed by atoms with Gasteiger partial charge in [0, 0.05) is 0 Å². The summed E-state index contributed by atoms with van der Waals surface area (Å²) in [5, 5.41) is 4.58. The van der Waals surface area contributed by atoms with Crippen LogP contribution in [-0.2, 0) is 0 Å². The van der Waals surface area contributed by atoms with E-state index in [4.69, 9.17) is 9.97 Å². The van der Waals surface area contributed by atoms with E-state index in [2.05, 4.69) is 15.1 Å². The normalized spacial score (nSPS) is 11.7. The zero-order valence-corrected chi connectivity index (χ0v) is 14.2. The van der Waals surface area contributed by atoms with Gasteiger partial charge < -0.3 is 0 Å². The van der Waals surface area contributed by atoms with E-state index >= 15 is 0 Å². The average molecular weight is 381 g/mol. The standard InChI is InChI=1S/C16H10N6OSe/c1-8-10-14(22(21-8)9-5-3-2-4-6-9)20-16-12(19-10)11-13(24-16)15(23)18-7-17-11/h2-7H,1H3,(H,17,18,23). The average Bonchev–Trinajstić information content (AvgIpc) is 3.13. The van der Waals surface area contributed by atoms with E-state index in [0.717, 1.165) is 21.3 Å². The molecule has 116 valence electrons. The van der Waals surface area contributed by atoms with Crippen molar-refractivity contribution in [1.29, 1.82) is 0 Å². The summed E-state index contributed by atoms with van der Waals surface area (Å²) in [6.07, 6.45) is 1.42. The Kier molecular flexibility index (Phi) is 2.74. The van der Waals surface area contributed by atoms with Crippen LogP contribution in [0, 0.1) is 6.92 Å². The van der Waals surface area contributed by atoms with E-state index in [1.165, 1.54) is 6.33 Å². The monoisotopic (exact) mass is 382 g/mol. The second-order valence-electron chi connectivity index (χ2n) is 5.39. The third-order valence-corrected chi connectivity index (χ3v) is 6.10. The van der Waals surface area contributed by atoms with E-state index in [1.54, 1.807) is 4.68 Å². The Morgan fingerprint density at radius 2 is 1.92 bits per heavy atom. The van der Waals surface area contributed by atoms with Crippen molar-refractivity contribution in [2.24, 2.45) is 0 Å². The van der Waals surface area contributed by atoms with E-state index in [9.17, 15) is 4.79 Å². The molecule has 8 heteroatoms. The van der Waals surface area contributed by atoms with Gasteiger partial charge in [-0.05, 0) is 0 Å². The Hall–Kier alpha value is -2.83. The Balaban J connectivity index is 1.93. The first-order valence-corrected chi connectivity index (χ1v) is 9.02. The summed E-state index contributed by atoms with van der Waals surface area (Å²) >= 11 is -0.201. The number of fused-ring (bicyclic) bond motifs is 4. The molecule has 4 heterocycles. The van der Waals surface area contributed by atoms with Gasteiger partial charge in [-0.15, -0.1) is 0 Å². The molecular formula is C16H10N6OSe. The van der Waals surface area contributed by atoms with Crippen molar-refractivity contribution in [3.63, 3.8) is 0 Å². The molecule has 0 aliphatic heterocycles. The molecule has 5 aromatic rings. The van der Waals surface area contributed by atoms with Gasteiger partial charge in [-0.25, -0.2) is 0 Å². The predicted octanol–water partition coefficient (Wildman–Crippen LogP) is 1.57. The van der Waals surface area contributed by atoms with Gasteiger partial charge in [0.2, 0.25) is 0 Å². The number of aromatic amines is 1. The maximum atomic E-state index is 12.0. The number of nitrogens with zero attached hydrogens (tertiary/aromatic N) is 5. The molecule has 0 unspecified atom stereocenters. The molecule has 0 radical (unpaired) electrons. The topological polar surface area (TPSA) is 89.4 Å². The van der Waals surface area contributed by atoms with Gasteiger partial charge in [0.05, 0.1) is 0 Å². The molecule has 7 nitrogen and oxygen atoms in total. The van der Waals surface area contributed by atoms with Gasteiger partial charge in [-0.3, -0.25) is 0 Å².